The number of carbonyl (C=O) groups excluding carboxylic acids is 1. The highest BCUT2D eigenvalue weighted by Crippen LogP contribution is 2.29. The molecule has 1 aliphatic heterocycles. The molecule has 0 unspecified atom stereocenters. The van der Waals surface area contributed by atoms with Gasteiger partial charge in [0.05, 0.1) is 22.7 Å². The van der Waals surface area contributed by atoms with Crippen molar-refractivity contribution in [2.45, 2.75) is 12.3 Å². The lowest BCUT2D eigenvalue weighted by molar-refractivity contribution is 0.0785. The van der Waals surface area contributed by atoms with Crippen LogP contribution in [-0.2, 0) is 7.05 Å². The average Bonchev–Trinajstić information content (AvgIpc) is 3.32. The number of amides is 1. The van der Waals surface area contributed by atoms with Gasteiger partial charge in [0.15, 0.2) is 0 Å². The average molecular weight is 357 g/mol. The summed E-state index contributed by atoms with van der Waals surface area (Å²) >= 11 is 0. The fourth-order valence-electron chi connectivity index (χ4n) is 3.92. The number of imidazole rings is 1. The van der Waals surface area contributed by atoms with Crippen LogP contribution in [-0.4, -0.2) is 43.4 Å². The lowest BCUT2D eigenvalue weighted by Crippen LogP contribution is -2.29. The van der Waals surface area contributed by atoms with E-state index in [1.807, 2.05) is 60.6 Å². The van der Waals surface area contributed by atoms with Gasteiger partial charge >= 0.3 is 0 Å². The van der Waals surface area contributed by atoms with Crippen molar-refractivity contribution in [1.82, 2.24) is 24.4 Å². The van der Waals surface area contributed by atoms with Crippen LogP contribution in [0.25, 0.3) is 21.9 Å². The van der Waals surface area contributed by atoms with Crippen molar-refractivity contribution in [3.63, 3.8) is 0 Å². The first-order chi connectivity index (χ1) is 13.2. The lowest BCUT2D eigenvalue weighted by atomic mass is 10.1. The zero-order chi connectivity index (χ0) is 18.4. The maximum absolute atomic E-state index is 13.0. The molecule has 0 aliphatic carbocycles. The van der Waals surface area contributed by atoms with Gasteiger partial charge in [0, 0.05) is 37.6 Å². The van der Waals surface area contributed by atoms with E-state index in [1.54, 1.807) is 6.20 Å². The van der Waals surface area contributed by atoms with Crippen LogP contribution < -0.4 is 0 Å². The molecule has 1 fully saturated rings. The van der Waals surface area contributed by atoms with Gasteiger partial charge in [0.1, 0.15) is 11.5 Å². The molecule has 0 spiro atoms. The van der Waals surface area contributed by atoms with E-state index in [0.29, 0.717) is 12.2 Å². The van der Waals surface area contributed by atoms with Crippen molar-refractivity contribution < 1.29 is 4.79 Å². The topological polar surface area (TPSA) is 63.9 Å². The molecule has 0 saturated carbocycles. The highest BCUT2D eigenvalue weighted by atomic mass is 16.2. The smallest absolute Gasteiger partial charge is 0.272 e. The van der Waals surface area contributed by atoms with Crippen LogP contribution in [0.5, 0.6) is 0 Å². The molecule has 0 N–H and O–H groups in total. The fraction of sp³-hybridized carbons (Fsp3) is 0.238. The van der Waals surface area contributed by atoms with Gasteiger partial charge in [-0.25, -0.2) is 9.97 Å². The molecule has 6 nitrogen and oxygen atoms in total. The van der Waals surface area contributed by atoms with Crippen LogP contribution >= 0.6 is 0 Å². The zero-order valence-electron chi connectivity index (χ0n) is 15.0. The molecule has 0 radical (unpaired) electrons. The summed E-state index contributed by atoms with van der Waals surface area (Å²) < 4.78 is 2.09. The monoisotopic (exact) mass is 357 g/mol. The zero-order valence-corrected chi connectivity index (χ0v) is 15.0. The highest BCUT2D eigenvalue weighted by molar-refractivity contribution is 5.95. The SMILES string of the molecule is Cn1c([C@H]2CCN(C(=O)c3ccc4ccccc4n3)C2)nc2ccncc21. The third-order valence-electron chi connectivity index (χ3n) is 5.38. The van der Waals surface area contributed by atoms with E-state index in [2.05, 4.69) is 14.5 Å². The standard InChI is InChI=1S/C21H19N5O/c1-25-19-12-22-10-8-17(19)24-20(25)15-9-11-26(13-15)21(27)18-7-6-14-4-2-3-5-16(14)23-18/h2-8,10,12,15H,9,11,13H2,1H3/t15-/m0/s1. The highest BCUT2D eigenvalue weighted by Gasteiger charge is 2.31. The number of hydrogen-bond acceptors (Lipinski definition) is 4. The van der Waals surface area contributed by atoms with Crippen molar-refractivity contribution >= 4 is 27.8 Å². The van der Waals surface area contributed by atoms with Crippen molar-refractivity contribution in [3.8, 4) is 0 Å². The molecular weight excluding hydrogens is 338 g/mol. The third-order valence-corrected chi connectivity index (χ3v) is 5.38. The molecule has 1 aliphatic rings. The van der Waals surface area contributed by atoms with Crippen molar-refractivity contribution in [3.05, 3.63) is 66.4 Å². The second-order valence-electron chi connectivity index (χ2n) is 7.02. The quantitative estimate of drug-likeness (QED) is 0.553. The maximum Gasteiger partial charge on any atom is 0.272 e. The number of nitrogens with zero attached hydrogens (tertiary/aromatic N) is 5. The summed E-state index contributed by atoms with van der Waals surface area (Å²) in [5, 5.41) is 1.04. The van der Waals surface area contributed by atoms with Gasteiger partial charge in [-0.1, -0.05) is 24.3 Å². The summed E-state index contributed by atoms with van der Waals surface area (Å²) in [5.41, 5.74) is 3.32. The Balaban J connectivity index is 1.40. The molecule has 4 heterocycles. The Labute approximate surface area is 156 Å². The van der Waals surface area contributed by atoms with E-state index in [-0.39, 0.29) is 11.8 Å². The number of likely N-dealkylation sites (tertiary alicyclic amines) is 1. The Bertz CT molecular complexity index is 1170. The molecular formula is C21H19N5O. The molecule has 27 heavy (non-hydrogen) atoms. The van der Waals surface area contributed by atoms with Crippen molar-refractivity contribution in [2.75, 3.05) is 13.1 Å². The van der Waals surface area contributed by atoms with Crippen LogP contribution in [0, 0.1) is 0 Å². The number of fused-ring (bicyclic) bond motifs is 2. The first kappa shape index (κ1) is 15.9. The van der Waals surface area contributed by atoms with Gasteiger partial charge in [0.25, 0.3) is 5.91 Å². The number of carbonyl (C=O) groups is 1. The minimum absolute atomic E-state index is 0.0105. The van der Waals surface area contributed by atoms with Crippen LogP contribution in [0.2, 0.25) is 0 Å². The maximum atomic E-state index is 13.0. The number of hydrogen-bond donors (Lipinski definition) is 0. The molecule has 4 aromatic rings. The molecule has 3 aromatic heterocycles. The van der Waals surface area contributed by atoms with Gasteiger partial charge in [-0.15, -0.1) is 0 Å². The summed E-state index contributed by atoms with van der Waals surface area (Å²) in [4.78, 5) is 28.3. The largest absolute Gasteiger partial charge is 0.337 e. The van der Waals surface area contributed by atoms with Crippen LogP contribution in [0.15, 0.2) is 54.9 Å². The van der Waals surface area contributed by atoms with E-state index in [1.165, 1.54) is 0 Å². The predicted molar refractivity (Wildman–Crippen MR) is 104 cm³/mol. The third kappa shape index (κ3) is 2.65. The molecule has 0 bridgehead atoms. The fourth-order valence-corrected chi connectivity index (χ4v) is 3.92. The summed E-state index contributed by atoms with van der Waals surface area (Å²) in [6.07, 6.45) is 4.50. The summed E-state index contributed by atoms with van der Waals surface area (Å²) in [5.74, 6) is 1.23. The first-order valence-corrected chi connectivity index (χ1v) is 9.12. The Morgan fingerprint density at radius 2 is 1.96 bits per heavy atom. The molecule has 134 valence electrons. The van der Waals surface area contributed by atoms with Crippen LogP contribution in [0.4, 0.5) is 0 Å². The van der Waals surface area contributed by atoms with E-state index >= 15 is 0 Å². The normalized spacial score (nSPS) is 17.1. The Kier molecular flexibility index (Phi) is 3.63. The van der Waals surface area contributed by atoms with Crippen molar-refractivity contribution in [1.29, 1.82) is 0 Å². The summed E-state index contributed by atoms with van der Waals surface area (Å²) in [6.45, 7) is 1.39. The van der Waals surface area contributed by atoms with Crippen LogP contribution in [0.1, 0.15) is 28.7 Å². The van der Waals surface area contributed by atoms with Crippen LogP contribution in [0.3, 0.4) is 0 Å². The first-order valence-electron chi connectivity index (χ1n) is 9.12. The van der Waals surface area contributed by atoms with E-state index in [4.69, 9.17) is 4.98 Å². The Hall–Kier alpha value is -3.28. The van der Waals surface area contributed by atoms with E-state index in [9.17, 15) is 4.79 Å². The Morgan fingerprint density at radius 3 is 2.85 bits per heavy atom. The molecule has 1 amide bonds. The molecule has 1 atom stereocenters. The number of pyridine rings is 2. The van der Waals surface area contributed by atoms with Crippen molar-refractivity contribution in [2.24, 2.45) is 7.05 Å². The second-order valence-corrected chi connectivity index (χ2v) is 7.02. The van der Waals surface area contributed by atoms with Gasteiger partial charge in [-0.2, -0.15) is 0 Å². The minimum atomic E-state index is -0.0105. The van der Waals surface area contributed by atoms with Gasteiger partial charge < -0.3 is 9.47 Å². The van der Waals surface area contributed by atoms with Gasteiger partial charge in [-0.05, 0) is 24.6 Å². The number of para-hydroxylation sites is 1. The molecule has 1 aromatic carbocycles. The lowest BCUT2D eigenvalue weighted by Gasteiger charge is -2.16. The number of aromatic nitrogens is 4. The predicted octanol–water partition coefficient (Wildman–Crippen LogP) is 3.15. The molecule has 5 rings (SSSR count). The van der Waals surface area contributed by atoms with E-state index in [0.717, 1.165) is 40.7 Å². The number of aryl methyl sites for hydroxylation is 1. The summed E-state index contributed by atoms with van der Waals surface area (Å²) in [7, 11) is 2.02. The molecule has 6 heteroatoms. The second kappa shape index (κ2) is 6.16. The minimum Gasteiger partial charge on any atom is -0.337 e. The number of benzene rings is 1. The van der Waals surface area contributed by atoms with Gasteiger partial charge in [-0.3, -0.25) is 9.78 Å². The Morgan fingerprint density at radius 1 is 1.07 bits per heavy atom. The van der Waals surface area contributed by atoms with E-state index < -0.39 is 0 Å². The number of rotatable bonds is 2. The summed E-state index contributed by atoms with van der Waals surface area (Å²) in [6, 6.07) is 13.6. The molecule has 1 saturated heterocycles. The van der Waals surface area contributed by atoms with Gasteiger partial charge in [0.2, 0.25) is 0 Å².